The van der Waals surface area contributed by atoms with Gasteiger partial charge in [-0.05, 0) is 26.0 Å². The molecule has 3 N–H and O–H groups in total. The molecule has 0 saturated carbocycles. The van der Waals surface area contributed by atoms with Gasteiger partial charge in [0.05, 0.1) is 12.2 Å². The minimum atomic E-state index is -1.30. The summed E-state index contributed by atoms with van der Waals surface area (Å²) < 4.78 is 0. The molecule has 0 aliphatic heterocycles. The molecule has 1 rings (SSSR count). The molecule has 0 radical (unpaired) electrons. The molecule has 1 aromatic heterocycles. The Morgan fingerprint density at radius 3 is 2.88 bits per heavy atom. The first-order valence-corrected chi connectivity index (χ1v) is 4.99. The van der Waals surface area contributed by atoms with Crippen molar-refractivity contribution in [2.45, 2.75) is 19.4 Å². The molecule has 1 aromatic rings. The summed E-state index contributed by atoms with van der Waals surface area (Å²) in [6.45, 7) is 2.78. The number of carbonyl (C=O) groups excluding carboxylic acids is 1. The molecule has 88 valence electrons. The van der Waals surface area contributed by atoms with E-state index in [4.69, 9.17) is 5.11 Å². The average molecular weight is 224 g/mol. The number of aliphatic hydroxyl groups excluding tert-OH is 1. The molecule has 0 aromatic carbocycles. The summed E-state index contributed by atoms with van der Waals surface area (Å²) in [4.78, 5) is 15.7. The van der Waals surface area contributed by atoms with Crippen LogP contribution in [0.3, 0.4) is 0 Å². The van der Waals surface area contributed by atoms with Crippen LogP contribution in [0.25, 0.3) is 0 Å². The van der Waals surface area contributed by atoms with Gasteiger partial charge in [0.1, 0.15) is 5.60 Å². The Hall–Kier alpha value is -1.46. The molecule has 0 fully saturated rings. The molecule has 16 heavy (non-hydrogen) atoms. The number of nitrogens with zero attached hydrogens (tertiary/aromatic N) is 1. The van der Waals surface area contributed by atoms with Crippen molar-refractivity contribution in [1.82, 2.24) is 10.3 Å². The van der Waals surface area contributed by atoms with Crippen LogP contribution in [0.5, 0.6) is 0 Å². The van der Waals surface area contributed by atoms with Gasteiger partial charge in [0.15, 0.2) is 0 Å². The lowest BCUT2D eigenvalue weighted by Crippen LogP contribution is -2.43. The average Bonchev–Trinajstić information content (AvgIpc) is 2.27. The van der Waals surface area contributed by atoms with Gasteiger partial charge in [0, 0.05) is 18.4 Å². The Balaban J connectivity index is 2.64. The second-order valence-electron chi connectivity index (χ2n) is 3.97. The van der Waals surface area contributed by atoms with Crippen molar-refractivity contribution in [2.75, 3.05) is 13.2 Å². The highest BCUT2D eigenvalue weighted by atomic mass is 16.3. The van der Waals surface area contributed by atoms with E-state index in [9.17, 15) is 9.90 Å². The molecule has 1 unspecified atom stereocenters. The summed E-state index contributed by atoms with van der Waals surface area (Å²) in [6, 6.07) is 3.33. The van der Waals surface area contributed by atoms with E-state index in [-0.39, 0.29) is 12.5 Å². The van der Waals surface area contributed by atoms with E-state index >= 15 is 0 Å². The summed E-state index contributed by atoms with van der Waals surface area (Å²) in [5, 5.41) is 20.9. The second kappa shape index (κ2) is 5.05. The summed E-state index contributed by atoms with van der Waals surface area (Å²) in [5.41, 5.74) is -0.203. The van der Waals surface area contributed by atoms with Gasteiger partial charge in [0.2, 0.25) is 0 Å². The largest absolute Gasteiger partial charge is 0.393 e. The molecule has 0 spiro atoms. The van der Waals surface area contributed by atoms with Crippen LogP contribution < -0.4 is 5.32 Å². The summed E-state index contributed by atoms with van der Waals surface area (Å²) in [6.07, 6.45) is 1.61. The van der Waals surface area contributed by atoms with Crippen LogP contribution in [0.4, 0.5) is 0 Å². The van der Waals surface area contributed by atoms with Gasteiger partial charge >= 0.3 is 0 Å². The molecule has 0 saturated heterocycles. The highest BCUT2D eigenvalue weighted by Crippen LogP contribution is 2.04. The summed E-state index contributed by atoms with van der Waals surface area (Å²) >= 11 is 0. The minimum Gasteiger partial charge on any atom is -0.393 e. The van der Waals surface area contributed by atoms with E-state index in [1.54, 1.807) is 25.3 Å². The smallest absolute Gasteiger partial charge is 0.253 e. The molecular weight excluding hydrogens is 208 g/mol. The van der Waals surface area contributed by atoms with Crippen LogP contribution in [-0.4, -0.2) is 39.9 Å². The van der Waals surface area contributed by atoms with E-state index < -0.39 is 12.2 Å². The standard InChI is InChI=1S/C11H16N2O3/c1-8-9(4-3-5-12-8)10(15)13-6-11(2,16)7-14/h3-5,14,16H,6-7H2,1-2H3,(H,13,15). The molecule has 0 bridgehead atoms. The number of nitrogens with one attached hydrogen (secondary N) is 1. The first-order valence-electron chi connectivity index (χ1n) is 4.99. The van der Waals surface area contributed by atoms with Gasteiger partial charge in [-0.3, -0.25) is 9.78 Å². The minimum absolute atomic E-state index is 0.00331. The first kappa shape index (κ1) is 12.6. The van der Waals surface area contributed by atoms with Crippen molar-refractivity contribution in [3.63, 3.8) is 0 Å². The molecule has 1 amide bonds. The van der Waals surface area contributed by atoms with Crippen molar-refractivity contribution in [1.29, 1.82) is 0 Å². The predicted octanol–water partition coefficient (Wildman–Crippen LogP) is -0.137. The molecule has 5 heteroatoms. The van der Waals surface area contributed by atoms with Crippen LogP contribution in [-0.2, 0) is 0 Å². The zero-order valence-electron chi connectivity index (χ0n) is 9.40. The van der Waals surface area contributed by atoms with Crippen LogP contribution in [0.2, 0.25) is 0 Å². The monoisotopic (exact) mass is 224 g/mol. The van der Waals surface area contributed by atoms with Crippen molar-refractivity contribution < 1.29 is 15.0 Å². The van der Waals surface area contributed by atoms with Crippen molar-refractivity contribution in [3.8, 4) is 0 Å². The fourth-order valence-corrected chi connectivity index (χ4v) is 1.15. The molecule has 5 nitrogen and oxygen atoms in total. The van der Waals surface area contributed by atoms with Gasteiger partial charge < -0.3 is 15.5 Å². The maximum Gasteiger partial charge on any atom is 0.253 e. The number of hydrogen-bond acceptors (Lipinski definition) is 4. The van der Waals surface area contributed by atoms with Crippen LogP contribution in [0, 0.1) is 6.92 Å². The van der Waals surface area contributed by atoms with Gasteiger partial charge in [0.25, 0.3) is 5.91 Å². The number of hydrogen-bond donors (Lipinski definition) is 3. The maximum absolute atomic E-state index is 11.7. The molecular formula is C11H16N2O3. The van der Waals surface area contributed by atoms with Crippen LogP contribution >= 0.6 is 0 Å². The number of pyridine rings is 1. The number of aliphatic hydroxyl groups is 2. The Morgan fingerprint density at radius 1 is 1.62 bits per heavy atom. The Kier molecular flexibility index (Phi) is 3.98. The Labute approximate surface area is 94.1 Å². The van der Waals surface area contributed by atoms with Crippen molar-refractivity contribution in [2.24, 2.45) is 0 Å². The predicted molar refractivity (Wildman–Crippen MR) is 59.0 cm³/mol. The van der Waals surface area contributed by atoms with Gasteiger partial charge in [-0.1, -0.05) is 0 Å². The zero-order chi connectivity index (χ0) is 12.2. The molecule has 0 aliphatic carbocycles. The zero-order valence-corrected chi connectivity index (χ0v) is 9.40. The Bertz CT molecular complexity index is 377. The lowest BCUT2D eigenvalue weighted by molar-refractivity contribution is 0.00319. The third kappa shape index (κ3) is 3.29. The highest BCUT2D eigenvalue weighted by molar-refractivity contribution is 5.95. The summed E-state index contributed by atoms with van der Waals surface area (Å²) in [7, 11) is 0. The maximum atomic E-state index is 11.7. The third-order valence-corrected chi connectivity index (χ3v) is 2.22. The Morgan fingerprint density at radius 2 is 2.31 bits per heavy atom. The first-order chi connectivity index (χ1) is 7.46. The topological polar surface area (TPSA) is 82.5 Å². The molecule has 0 aliphatic rings. The number of aryl methyl sites for hydroxylation is 1. The van der Waals surface area contributed by atoms with Gasteiger partial charge in [-0.25, -0.2) is 0 Å². The van der Waals surface area contributed by atoms with Crippen molar-refractivity contribution in [3.05, 3.63) is 29.6 Å². The highest BCUT2D eigenvalue weighted by Gasteiger charge is 2.20. The fraction of sp³-hybridized carbons (Fsp3) is 0.455. The van der Waals surface area contributed by atoms with Crippen LogP contribution in [0.15, 0.2) is 18.3 Å². The number of carbonyl (C=O) groups is 1. The van der Waals surface area contributed by atoms with Gasteiger partial charge in [-0.2, -0.15) is 0 Å². The lowest BCUT2D eigenvalue weighted by atomic mass is 10.1. The summed E-state index contributed by atoms with van der Waals surface area (Å²) in [5.74, 6) is -0.306. The van der Waals surface area contributed by atoms with E-state index in [1.807, 2.05) is 0 Å². The van der Waals surface area contributed by atoms with E-state index in [0.29, 0.717) is 11.3 Å². The quantitative estimate of drug-likeness (QED) is 0.665. The second-order valence-corrected chi connectivity index (χ2v) is 3.97. The number of amides is 1. The van der Waals surface area contributed by atoms with Crippen molar-refractivity contribution >= 4 is 5.91 Å². The molecule has 1 heterocycles. The van der Waals surface area contributed by atoms with Crippen LogP contribution in [0.1, 0.15) is 23.0 Å². The number of aromatic nitrogens is 1. The third-order valence-electron chi connectivity index (χ3n) is 2.22. The molecule has 1 atom stereocenters. The van der Waals surface area contributed by atoms with Gasteiger partial charge in [-0.15, -0.1) is 0 Å². The van der Waals surface area contributed by atoms with E-state index in [1.165, 1.54) is 6.92 Å². The fourth-order valence-electron chi connectivity index (χ4n) is 1.15. The number of rotatable bonds is 4. The van der Waals surface area contributed by atoms with E-state index in [0.717, 1.165) is 0 Å². The SMILES string of the molecule is Cc1ncccc1C(=O)NCC(C)(O)CO. The van der Waals surface area contributed by atoms with E-state index in [2.05, 4.69) is 10.3 Å². The lowest BCUT2D eigenvalue weighted by Gasteiger charge is -2.20. The normalized spacial score (nSPS) is 14.2.